The fraction of sp³-hybridized carbons (Fsp3) is 0.375. The summed E-state index contributed by atoms with van der Waals surface area (Å²) in [5.41, 5.74) is 0.908. The molecule has 116 valence electrons. The lowest BCUT2D eigenvalue weighted by Gasteiger charge is -2.12. The smallest absolute Gasteiger partial charge is 0.131 e. The molecule has 6 heteroatoms. The van der Waals surface area contributed by atoms with Gasteiger partial charge < -0.3 is 10.1 Å². The first-order valence-electron chi connectivity index (χ1n) is 7.23. The minimum absolute atomic E-state index is 0.00418. The Morgan fingerprint density at radius 1 is 1.27 bits per heavy atom. The standard InChI is InChI=1S/C16H17F2N3O/c1-10-20-15(11-5-6-22-9-11)7-16(21-10)19-8-12-13(17)3-2-4-14(12)18/h2-4,7,11H,5-6,8-9H2,1H3,(H,19,20,21)/t11-/m0/s1. The number of aromatic nitrogens is 2. The van der Waals surface area contributed by atoms with Crippen LogP contribution in [0.25, 0.3) is 0 Å². The third kappa shape index (κ3) is 3.22. The summed E-state index contributed by atoms with van der Waals surface area (Å²) >= 11 is 0. The van der Waals surface area contributed by atoms with E-state index in [1.54, 1.807) is 6.92 Å². The van der Waals surface area contributed by atoms with Crippen molar-refractivity contribution in [1.82, 2.24) is 9.97 Å². The van der Waals surface area contributed by atoms with Crippen molar-refractivity contribution >= 4 is 5.82 Å². The maximum absolute atomic E-state index is 13.6. The highest BCUT2D eigenvalue weighted by Crippen LogP contribution is 2.25. The number of rotatable bonds is 4. The fourth-order valence-electron chi connectivity index (χ4n) is 2.54. The molecule has 1 saturated heterocycles. The zero-order chi connectivity index (χ0) is 15.5. The van der Waals surface area contributed by atoms with Crippen LogP contribution in [0.3, 0.4) is 0 Å². The lowest BCUT2D eigenvalue weighted by molar-refractivity contribution is 0.193. The Morgan fingerprint density at radius 2 is 2.05 bits per heavy atom. The molecule has 1 aromatic carbocycles. The summed E-state index contributed by atoms with van der Waals surface area (Å²) in [5.74, 6) is 0.316. The van der Waals surface area contributed by atoms with Crippen molar-refractivity contribution in [3.05, 3.63) is 53.0 Å². The van der Waals surface area contributed by atoms with Crippen LogP contribution in [-0.2, 0) is 11.3 Å². The van der Waals surface area contributed by atoms with Gasteiger partial charge in [0.15, 0.2) is 0 Å². The molecule has 1 fully saturated rings. The Hall–Kier alpha value is -2.08. The molecule has 4 nitrogen and oxygen atoms in total. The molecule has 1 aliphatic heterocycles. The molecule has 0 radical (unpaired) electrons. The van der Waals surface area contributed by atoms with Gasteiger partial charge in [0.05, 0.1) is 12.3 Å². The van der Waals surface area contributed by atoms with Crippen molar-refractivity contribution in [2.75, 3.05) is 18.5 Å². The predicted octanol–water partition coefficient (Wildman–Crippen LogP) is 3.18. The van der Waals surface area contributed by atoms with Gasteiger partial charge in [0.2, 0.25) is 0 Å². The van der Waals surface area contributed by atoms with Gasteiger partial charge in [-0.15, -0.1) is 0 Å². The number of benzene rings is 1. The van der Waals surface area contributed by atoms with Crippen molar-refractivity contribution < 1.29 is 13.5 Å². The molecule has 1 aliphatic rings. The van der Waals surface area contributed by atoms with E-state index in [4.69, 9.17) is 4.74 Å². The number of aryl methyl sites for hydroxylation is 1. The van der Waals surface area contributed by atoms with Crippen molar-refractivity contribution in [2.45, 2.75) is 25.8 Å². The summed E-state index contributed by atoms with van der Waals surface area (Å²) in [4.78, 5) is 8.70. The number of anilines is 1. The second-order valence-electron chi connectivity index (χ2n) is 5.34. The highest BCUT2D eigenvalue weighted by Gasteiger charge is 2.20. The summed E-state index contributed by atoms with van der Waals surface area (Å²) in [6.45, 7) is 3.22. The molecule has 0 spiro atoms. The van der Waals surface area contributed by atoms with Crippen molar-refractivity contribution in [1.29, 1.82) is 0 Å². The minimum atomic E-state index is -0.567. The zero-order valence-corrected chi connectivity index (χ0v) is 12.3. The van der Waals surface area contributed by atoms with Gasteiger partial charge >= 0.3 is 0 Å². The molecular weight excluding hydrogens is 288 g/mol. The number of ether oxygens (including phenoxy) is 1. The SMILES string of the molecule is Cc1nc(NCc2c(F)cccc2F)cc([C@H]2CCOC2)n1. The molecule has 0 amide bonds. The summed E-state index contributed by atoms with van der Waals surface area (Å²) < 4.78 is 32.6. The molecule has 1 atom stereocenters. The number of hydrogen-bond donors (Lipinski definition) is 1. The van der Waals surface area contributed by atoms with Crippen LogP contribution in [0.15, 0.2) is 24.3 Å². The molecule has 22 heavy (non-hydrogen) atoms. The van der Waals surface area contributed by atoms with E-state index in [9.17, 15) is 8.78 Å². The monoisotopic (exact) mass is 305 g/mol. The molecule has 3 rings (SSSR count). The van der Waals surface area contributed by atoms with Crippen LogP contribution in [0.2, 0.25) is 0 Å². The summed E-state index contributed by atoms with van der Waals surface area (Å²) in [6, 6.07) is 5.66. The van der Waals surface area contributed by atoms with Crippen LogP contribution < -0.4 is 5.32 Å². The van der Waals surface area contributed by atoms with E-state index in [2.05, 4.69) is 15.3 Å². The van der Waals surface area contributed by atoms with E-state index in [1.807, 2.05) is 6.07 Å². The first-order chi connectivity index (χ1) is 10.6. The molecule has 1 N–H and O–H groups in total. The van der Waals surface area contributed by atoms with Gasteiger partial charge in [-0.25, -0.2) is 18.7 Å². The van der Waals surface area contributed by atoms with Gasteiger partial charge in [0.25, 0.3) is 0 Å². The Labute approximate surface area is 127 Å². The van der Waals surface area contributed by atoms with Crippen LogP contribution in [0, 0.1) is 18.6 Å². The maximum Gasteiger partial charge on any atom is 0.131 e. The molecule has 0 unspecified atom stereocenters. The van der Waals surface area contributed by atoms with Gasteiger partial charge in [-0.2, -0.15) is 0 Å². The van der Waals surface area contributed by atoms with Gasteiger partial charge in [0.1, 0.15) is 23.3 Å². The van der Waals surface area contributed by atoms with E-state index in [1.165, 1.54) is 18.2 Å². The van der Waals surface area contributed by atoms with Gasteiger partial charge in [-0.05, 0) is 25.5 Å². The van der Waals surface area contributed by atoms with Crippen LogP contribution in [-0.4, -0.2) is 23.2 Å². The van der Waals surface area contributed by atoms with Crippen molar-refractivity contribution in [2.24, 2.45) is 0 Å². The number of nitrogens with zero attached hydrogens (tertiary/aromatic N) is 2. The van der Waals surface area contributed by atoms with Crippen LogP contribution in [0.1, 0.15) is 29.4 Å². The Morgan fingerprint density at radius 3 is 2.73 bits per heavy atom. The van der Waals surface area contributed by atoms with Gasteiger partial charge in [-0.1, -0.05) is 6.07 Å². The highest BCUT2D eigenvalue weighted by atomic mass is 19.1. The van der Waals surface area contributed by atoms with E-state index >= 15 is 0 Å². The van der Waals surface area contributed by atoms with E-state index in [0.717, 1.165) is 18.7 Å². The zero-order valence-electron chi connectivity index (χ0n) is 12.3. The maximum atomic E-state index is 13.6. The average Bonchev–Trinajstić information content (AvgIpc) is 3.00. The second kappa shape index (κ2) is 6.36. The van der Waals surface area contributed by atoms with Crippen molar-refractivity contribution in [3.8, 4) is 0 Å². The second-order valence-corrected chi connectivity index (χ2v) is 5.34. The van der Waals surface area contributed by atoms with E-state index in [0.29, 0.717) is 18.2 Å². The molecule has 0 saturated carbocycles. The molecule has 1 aromatic heterocycles. The summed E-state index contributed by atoms with van der Waals surface area (Å²) in [6.07, 6.45) is 0.928. The van der Waals surface area contributed by atoms with Gasteiger partial charge in [-0.3, -0.25) is 0 Å². The average molecular weight is 305 g/mol. The number of hydrogen-bond acceptors (Lipinski definition) is 4. The lowest BCUT2D eigenvalue weighted by atomic mass is 10.0. The minimum Gasteiger partial charge on any atom is -0.381 e. The Balaban J connectivity index is 1.77. The normalized spacial score (nSPS) is 17.7. The van der Waals surface area contributed by atoms with Crippen LogP contribution in [0.5, 0.6) is 0 Å². The molecule has 0 bridgehead atoms. The fourth-order valence-corrected chi connectivity index (χ4v) is 2.54. The van der Waals surface area contributed by atoms with E-state index < -0.39 is 11.6 Å². The first kappa shape index (κ1) is 14.8. The topological polar surface area (TPSA) is 47.0 Å². The largest absolute Gasteiger partial charge is 0.381 e. The number of halogens is 2. The Kier molecular flexibility index (Phi) is 4.29. The number of nitrogens with one attached hydrogen (secondary N) is 1. The molecule has 2 aromatic rings. The summed E-state index contributed by atoms with van der Waals surface area (Å²) in [7, 11) is 0. The third-order valence-electron chi connectivity index (χ3n) is 3.71. The van der Waals surface area contributed by atoms with Crippen LogP contribution >= 0.6 is 0 Å². The van der Waals surface area contributed by atoms with Crippen LogP contribution in [0.4, 0.5) is 14.6 Å². The molecule has 2 heterocycles. The highest BCUT2D eigenvalue weighted by molar-refractivity contribution is 5.38. The lowest BCUT2D eigenvalue weighted by Crippen LogP contribution is -2.09. The first-order valence-corrected chi connectivity index (χ1v) is 7.23. The molecular formula is C16H17F2N3O. The Bertz CT molecular complexity index is 652. The molecule has 0 aliphatic carbocycles. The predicted molar refractivity (Wildman–Crippen MR) is 78.6 cm³/mol. The quantitative estimate of drug-likeness (QED) is 0.942. The van der Waals surface area contributed by atoms with Crippen molar-refractivity contribution in [3.63, 3.8) is 0 Å². The summed E-state index contributed by atoms with van der Waals surface area (Å²) in [5, 5.41) is 2.98. The third-order valence-corrected chi connectivity index (χ3v) is 3.71. The van der Waals surface area contributed by atoms with E-state index in [-0.39, 0.29) is 18.0 Å². The van der Waals surface area contributed by atoms with Gasteiger partial charge in [0, 0.05) is 30.7 Å².